The maximum absolute atomic E-state index is 3.58. The molecule has 0 aliphatic heterocycles. The third-order valence-corrected chi connectivity index (χ3v) is 24.6. The SMILES string of the molecule is Brc1ccc(-c2cccc(-c3cc4c(cc3-c3ccccc3)c3ccc(-c5ccccc5)cc3n4-c3ccccc3)c2)cc1.Brc1ccc(-c2cccc(-c3ccc4c5cc(-c6ccccc6)ccc5n(-c5ccccc5)c4c3)c2)cc1.Brc1ccc(-c2cccc(-c3ccc4c5ccc(-c6ccccc6)cc5n(-c5ccccc5)c4c3)c2)cc1. The molecule has 0 unspecified atom stereocenters. The van der Waals surface area contributed by atoms with E-state index in [1.165, 1.54) is 188 Å². The smallest absolute Gasteiger partial charge is 0.0547 e. The van der Waals surface area contributed by atoms with Crippen LogP contribution in [-0.4, -0.2) is 13.7 Å². The lowest BCUT2D eigenvalue weighted by Crippen LogP contribution is -1.95. The maximum Gasteiger partial charge on any atom is 0.0547 e. The fraction of sp³-hybridized carbons (Fsp3) is 0. The standard InChI is InChI=1S/C42H28BrN.2C36H24BrN/c43-35-22-19-30(20-23-35)32-15-10-16-34(25-32)39-28-42-40(27-38(39)31-13-6-2-7-14-31)37-24-21-33(29-11-4-1-5-12-29)26-41(37)44(42)36-17-8-3-9-18-36;37-31-18-14-26(15-19-31)27-10-7-11-28(22-27)30-16-20-33-34-23-29(25-8-3-1-4-9-25)17-21-35(34)38(36(33)24-30)32-12-5-2-6-13-32;37-31-18-14-26(15-19-31)27-10-7-11-28(22-27)30-17-21-34-33-20-16-29(25-8-3-1-4-9-25)23-35(33)38(36(34)24-30)32-12-5-2-6-13-32/h1-28H;2*1-24H. The summed E-state index contributed by atoms with van der Waals surface area (Å²) in [6.45, 7) is 0. The van der Waals surface area contributed by atoms with Gasteiger partial charge < -0.3 is 13.7 Å². The number of benzene rings is 19. The molecule has 0 bridgehead atoms. The molecule has 3 nitrogen and oxygen atoms in total. The summed E-state index contributed by atoms with van der Waals surface area (Å²) in [5.41, 5.74) is 35.0. The van der Waals surface area contributed by atoms with Crippen LogP contribution < -0.4 is 0 Å². The highest BCUT2D eigenvalue weighted by Crippen LogP contribution is 2.45. The molecule has 0 amide bonds. The Balaban J connectivity index is 0.000000115. The van der Waals surface area contributed by atoms with Gasteiger partial charge >= 0.3 is 0 Å². The summed E-state index contributed by atoms with van der Waals surface area (Å²) in [5, 5.41) is 7.54. The molecule has 6 heteroatoms. The molecule has 0 N–H and O–H groups in total. The largest absolute Gasteiger partial charge is 0.309 e. The molecule has 120 heavy (non-hydrogen) atoms. The van der Waals surface area contributed by atoms with Gasteiger partial charge in [0.1, 0.15) is 0 Å². The monoisotopic (exact) mass is 1720 g/mol. The van der Waals surface area contributed by atoms with E-state index in [-0.39, 0.29) is 0 Å². The Bertz CT molecular complexity index is 7380. The van der Waals surface area contributed by atoms with Crippen molar-refractivity contribution in [1.29, 1.82) is 0 Å². The molecule has 0 radical (unpaired) electrons. The Morgan fingerprint density at radius 2 is 0.342 bits per heavy atom. The fourth-order valence-corrected chi connectivity index (χ4v) is 17.9. The van der Waals surface area contributed by atoms with Crippen molar-refractivity contribution in [1.82, 2.24) is 13.7 Å². The van der Waals surface area contributed by atoms with Crippen molar-refractivity contribution >= 4 is 113 Å². The van der Waals surface area contributed by atoms with Crippen LogP contribution in [0.2, 0.25) is 0 Å². The lowest BCUT2D eigenvalue weighted by atomic mass is 9.91. The normalized spacial score (nSPS) is 11.3. The summed E-state index contributed by atoms with van der Waals surface area (Å²) in [4.78, 5) is 0. The number of hydrogen-bond donors (Lipinski definition) is 0. The van der Waals surface area contributed by atoms with Crippen LogP contribution in [-0.2, 0) is 0 Å². The first-order chi connectivity index (χ1) is 59.2. The molecule has 0 aliphatic carbocycles. The fourth-order valence-electron chi connectivity index (χ4n) is 17.1. The van der Waals surface area contributed by atoms with Gasteiger partial charge in [-0.2, -0.15) is 0 Å². The lowest BCUT2D eigenvalue weighted by molar-refractivity contribution is 1.18. The third-order valence-electron chi connectivity index (χ3n) is 23.0. The second-order valence-electron chi connectivity index (χ2n) is 30.3. The lowest BCUT2D eigenvalue weighted by Gasteiger charge is -2.14. The minimum Gasteiger partial charge on any atom is -0.309 e. The van der Waals surface area contributed by atoms with Crippen LogP contribution >= 0.6 is 47.8 Å². The molecule has 22 rings (SSSR count). The van der Waals surface area contributed by atoms with Gasteiger partial charge in [0.05, 0.1) is 33.1 Å². The molecular formula is C114H76Br3N3. The van der Waals surface area contributed by atoms with Gasteiger partial charge in [0.15, 0.2) is 0 Å². The highest BCUT2D eigenvalue weighted by molar-refractivity contribution is 9.11. The van der Waals surface area contributed by atoms with E-state index in [9.17, 15) is 0 Å². The number of rotatable bonds is 13. The molecule has 0 saturated heterocycles. The number of fused-ring (bicyclic) bond motifs is 9. The average molecular weight is 1730 g/mol. The predicted octanol–water partition coefficient (Wildman–Crippen LogP) is 33.3. The van der Waals surface area contributed by atoms with Crippen LogP contribution in [0.3, 0.4) is 0 Å². The minimum atomic E-state index is 1.08. The minimum absolute atomic E-state index is 1.08. The Hall–Kier alpha value is -14.0. The van der Waals surface area contributed by atoms with Gasteiger partial charge in [-0.1, -0.05) is 369 Å². The van der Waals surface area contributed by atoms with Crippen molar-refractivity contribution in [3.8, 4) is 128 Å². The molecule has 22 aromatic rings. The zero-order chi connectivity index (χ0) is 80.4. The molecule has 0 fully saturated rings. The summed E-state index contributed by atoms with van der Waals surface area (Å²) in [6.07, 6.45) is 0. The first-order valence-electron chi connectivity index (χ1n) is 40.5. The number of aromatic nitrogens is 3. The van der Waals surface area contributed by atoms with E-state index in [0.717, 1.165) is 19.1 Å². The molecule has 568 valence electrons. The van der Waals surface area contributed by atoms with E-state index in [4.69, 9.17) is 0 Å². The highest BCUT2D eigenvalue weighted by Gasteiger charge is 2.22. The highest BCUT2D eigenvalue weighted by atomic mass is 79.9. The summed E-state index contributed by atoms with van der Waals surface area (Å²) >= 11 is 10.7. The molecule has 0 atom stereocenters. The van der Waals surface area contributed by atoms with Gasteiger partial charge in [-0.3, -0.25) is 0 Å². The summed E-state index contributed by atoms with van der Waals surface area (Å²) in [6, 6.07) is 166. The van der Waals surface area contributed by atoms with Crippen molar-refractivity contribution in [2.24, 2.45) is 0 Å². The van der Waals surface area contributed by atoms with E-state index in [1.54, 1.807) is 0 Å². The van der Waals surface area contributed by atoms with Gasteiger partial charge in [0.2, 0.25) is 0 Å². The van der Waals surface area contributed by atoms with E-state index in [1.807, 2.05) is 0 Å². The first-order valence-corrected chi connectivity index (χ1v) is 42.9. The van der Waals surface area contributed by atoms with Gasteiger partial charge in [-0.25, -0.2) is 0 Å². The van der Waals surface area contributed by atoms with Gasteiger partial charge in [-0.15, -0.1) is 0 Å². The van der Waals surface area contributed by atoms with Crippen molar-refractivity contribution in [2.45, 2.75) is 0 Å². The van der Waals surface area contributed by atoms with E-state index in [0.29, 0.717) is 0 Å². The third kappa shape index (κ3) is 15.0. The molecular weight excluding hydrogens is 1650 g/mol. The van der Waals surface area contributed by atoms with Gasteiger partial charge in [0.25, 0.3) is 0 Å². The molecule has 0 spiro atoms. The zero-order valence-electron chi connectivity index (χ0n) is 65.4. The average Bonchev–Trinajstić information content (AvgIpc) is 1.71. The zero-order valence-corrected chi connectivity index (χ0v) is 70.1. The Kier molecular flexibility index (Phi) is 20.7. The van der Waals surface area contributed by atoms with Crippen LogP contribution in [0.5, 0.6) is 0 Å². The van der Waals surface area contributed by atoms with E-state index in [2.05, 4.69) is 523 Å². The number of nitrogens with zero attached hydrogens (tertiary/aromatic N) is 3. The first kappa shape index (κ1) is 74.8. The second kappa shape index (κ2) is 33.2. The number of halogens is 3. The van der Waals surface area contributed by atoms with Crippen LogP contribution in [0.4, 0.5) is 0 Å². The molecule has 3 aromatic heterocycles. The van der Waals surface area contributed by atoms with Gasteiger partial charge in [0, 0.05) is 62.8 Å². The maximum atomic E-state index is 3.58. The van der Waals surface area contributed by atoms with Crippen LogP contribution in [0, 0.1) is 0 Å². The summed E-state index contributed by atoms with van der Waals surface area (Å²) in [5.74, 6) is 0. The predicted molar refractivity (Wildman–Crippen MR) is 520 cm³/mol. The Morgan fingerprint density at radius 1 is 0.125 bits per heavy atom. The molecule has 0 saturated carbocycles. The molecule has 3 heterocycles. The van der Waals surface area contributed by atoms with Crippen LogP contribution in [0.15, 0.2) is 474 Å². The van der Waals surface area contributed by atoms with Crippen molar-refractivity contribution < 1.29 is 0 Å². The topological polar surface area (TPSA) is 14.8 Å². The summed E-state index contributed by atoms with van der Waals surface area (Å²) < 4.78 is 10.5. The quantitative estimate of drug-likeness (QED) is 0.109. The molecule has 0 aliphatic rings. The van der Waals surface area contributed by atoms with Crippen molar-refractivity contribution in [3.63, 3.8) is 0 Å². The molecule has 19 aromatic carbocycles. The summed E-state index contributed by atoms with van der Waals surface area (Å²) in [7, 11) is 0. The van der Waals surface area contributed by atoms with E-state index >= 15 is 0 Å². The Labute approximate surface area is 723 Å². The van der Waals surface area contributed by atoms with Crippen LogP contribution in [0.25, 0.3) is 194 Å². The Morgan fingerprint density at radius 3 is 0.700 bits per heavy atom. The second-order valence-corrected chi connectivity index (χ2v) is 33.1. The van der Waals surface area contributed by atoms with Crippen molar-refractivity contribution in [2.75, 3.05) is 0 Å². The number of para-hydroxylation sites is 3. The van der Waals surface area contributed by atoms with Crippen molar-refractivity contribution in [3.05, 3.63) is 474 Å². The van der Waals surface area contributed by atoms with Gasteiger partial charge in [-0.05, 0) is 251 Å². The van der Waals surface area contributed by atoms with E-state index < -0.39 is 0 Å². The van der Waals surface area contributed by atoms with Crippen LogP contribution in [0.1, 0.15) is 0 Å². The number of hydrogen-bond acceptors (Lipinski definition) is 0.